The minimum absolute atomic E-state index is 0.347. The summed E-state index contributed by atoms with van der Waals surface area (Å²) in [6, 6.07) is 0. The van der Waals surface area contributed by atoms with Crippen molar-refractivity contribution < 1.29 is 8.42 Å². The van der Waals surface area contributed by atoms with Crippen molar-refractivity contribution in [3.05, 3.63) is 22.6 Å². The fourth-order valence-electron chi connectivity index (χ4n) is 1.44. The first-order chi connectivity index (χ1) is 5.39. The van der Waals surface area contributed by atoms with Gasteiger partial charge in [-0.05, 0) is 25.3 Å². The van der Waals surface area contributed by atoms with Crippen LogP contribution >= 0.6 is 0 Å². The Hall–Kier alpha value is -0.570. The van der Waals surface area contributed by atoms with Crippen molar-refractivity contribution in [3.63, 3.8) is 0 Å². The molecular formula is C9H14O2S. The van der Waals surface area contributed by atoms with E-state index >= 15 is 0 Å². The normalized spacial score (nSPS) is 24.8. The number of sulfone groups is 1. The van der Waals surface area contributed by atoms with E-state index in [9.17, 15) is 8.42 Å². The number of allylic oxidation sites excluding steroid dienone is 4. The van der Waals surface area contributed by atoms with Gasteiger partial charge in [0.15, 0.2) is 9.84 Å². The molecule has 0 bridgehead atoms. The molecule has 0 N–H and O–H groups in total. The molecule has 1 aliphatic carbocycles. The van der Waals surface area contributed by atoms with E-state index in [1.807, 2.05) is 13.8 Å². The lowest BCUT2D eigenvalue weighted by molar-refractivity contribution is 0.600. The van der Waals surface area contributed by atoms with E-state index in [0.29, 0.717) is 17.2 Å². The van der Waals surface area contributed by atoms with Crippen molar-refractivity contribution in [3.8, 4) is 0 Å². The average Bonchev–Trinajstić information content (AvgIpc) is 1.82. The number of hydrogen-bond acceptors (Lipinski definition) is 2. The maximum Gasteiger partial charge on any atom is 0.171 e. The molecule has 12 heavy (non-hydrogen) atoms. The molecule has 0 radical (unpaired) electrons. The highest BCUT2D eigenvalue weighted by molar-refractivity contribution is 7.94. The highest BCUT2D eigenvalue weighted by Crippen LogP contribution is 2.25. The lowest BCUT2D eigenvalue weighted by Gasteiger charge is -2.15. The van der Waals surface area contributed by atoms with E-state index in [4.69, 9.17) is 0 Å². The molecule has 0 amide bonds. The molecule has 0 saturated carbocycles. The minimum atomic E-state index is -2.97. The summed E-state index contributed by atoms with van der Waals surface area (Å²) in [7, 11) is -2.97. The van der Waals surface area contributed by atoms with Gasteiger partial charge in [-0.3, -0.25) is 0 Å². The van der Waals surface area contributed by atoms with Crippen LogP contribution in [0.15, 0.2) is 22.6 Å². The van der Waals surface area contributed by atoms with Crippen molar-refractivity contribution in [2.24, 2.45) is 5.92 Å². The molecular weight excluding hydrogens is 172 g/mol. The van der Waals surface area contributed by atoms with Crippen molar-refractivity contribution in [2.75, 3.05) is 6.26 Å². The van der Waals surface area contributed by atoms with Gasteiger partial charge in [-0.1, -0.05) is 18.6 Å². The number of rotatable bonds is 1. The third-order valence-corrected chi connectivity index (χ3v) is 3.17. The Morgan fingerprint density at radius 3 is 2.50 bits per heavy atom. The van der Waals surface area contributed by atoms with Crippen LogP contribution in [0.5, 0.6) is 0 Å². The van der Waals surface area contributed by atoms with Crippen LogP contribution in [0, 0.1) is 5.92 Å². The summed E-state index contributed by atoms with van der Waals surface area (Å²) in [6.07, 6.45) is 5.77. The van der Waals surface area contributed by atoms with Crippen LogP contribution in [0.2, 0.25) is 0 Å². The summed E-state index contributed by atoms with van der Waals surface area (Å²) in [5.74, 6) is 0.347. The molecule has 3 heteroatoms. The van der Waals surface area contributed by atoms with Crippen molar-refractivity contribution in [1.82, 2.24) is 0 Å². The van der Waals surface area contributed by atoms with Gasteiger partial charge in [0, 0.05) is 11.2 Å². The minimum Gasteiger partial charge on any atom is -0.224 e. The maximum absolute atomic E-state index is 11.2. The zero-order valence-electron chi connectivity index (χ0n) is 7.66. The SMILES string of the molecule is CC1=CC(C)CC(S(C)(=O)=O)=C1. The second-order valence-corrected chi connectivity index (χ2v) is 5.54. The molecule has 1 rings (SSSR count). The van der Waals surface area contributed by atoms with E-state index in [2.05, 4.69) is 6.08 Å². The zero-order chi connectivity index (χ0) is 9.35. The standard InChI is InChI=1S/C9H14O2S/c1-7-4-8(2)6-9(5-7)12(3,10)11/h4-5,8H,6H2,1-3H3. The summed E-state index contributed by atoms with van der Waals surface area (Å²) < 4.78 is 22.4. The van der Waals surface area contributed by atoms with Gasteiger partial charge in [0.1, 0.15) is 0 Å². The monoisotopic (exact) mass is 186 g/mol. The predicted octanol–water partition coefficient (Wildman–Crippen LogP) is 1.90. The molecule has 1 atom stereocenters. The Bertz CT molecular complexity index is 334. The molecule has 2 nitrogen and oxygen atoms in total. The molecule has 1 unspecified atom stereocenters. The smallest absolute Gasteiger partial charge is 0.171 e. The summed E-state index contributed by atoms with van der Waals surface area (Å²) in [4.78, 5) is 0.565. The lowest BCUT2D eigenvalue weighted by Crippen LogP contribution is -2.08. The van der Waals surface area contributed by atoms with Gasteiger partial charge in [0.05, 0.1) is 0 Å². The van der Waals surface area contributed by atoms with Crippen LogP contribution in [0.25, 0.3) is 0 Å². The molecule has 68 valence electrons. The van der Waals surface area contributed by atoms with Gasteiger partial charge >= 0.3 is 0 Å². The highest BCUT2D eigenvalue weighted by atomic mass is 32.2. The third kappa shape index (κ3) is 2.21. The van der Waals surface area contributed by atoms with E-state index in [-0.39, 0.29) is 0 Å². The van der Waals surface area contributed by atoms with Crippen LogP contribution in [-0.2, 0) is 9.84 Å². The molecule has 0 aromatic rings. The third-order valence-electron chi connectivity index (χ3n) is 1.94. The van der Waals surface area contributed by atoms with Crippen LogP contribution < -0.4 is 0 Å². The predicted molar refractivity (Wildman–Crippen MR) is 50.5 cm³/mol. The average molecular weight is 186 g/mol. The van der Waals surface area contributed by atoms with E-state index in [0.717, 1.165) is 5.57 Å². The molecule has 0 spiro atoms. The first-order valence-electron chi connectivity index (χ1n) is 3.98. The van der Waals surface area contributed by atoms with Crippen LogP contribution in [0.4, 0.5) is 0 Å². The molecule has 1 aliphatic rings. The van der Waals surface area contributed by atoms with Gasteiger partial charge in [-0.2, -0.15) is 0 Å². The first kappa shape index (κ1) is 9.52. The van der Waals surface area contributed by atoms with Gasteiger partial charge in [-0.25, -0.2) is 8.42 Å². The second kappa shape index (κ2) is 3.05. The fourth-order valence-corrected chi connectivity index (χ4v) is 2.41. The molecule has 0 saturated heterocycles. The lowest BCUT2D eigenvalue weighted by atomic mass is 9.99. The van der Waals surface area contributed by atoms with E-state index in [1.165, 1.54) is 6.26 Å². The molecule has 0 aromatic heterocycles. The van der Waals surface area contributed by atoms with Crippen LogP contribution in [0.1, 0.15) is 20.3 Å². The summed E-state index contributed by atoms with van der Waals surface area (Å²) in [5, 5.41) is 0. The Balaban J connectivity index is 3.04. The maximum atomic E-state index is 11.2. The Morgan fingerprint density at radius 2 is 2.08 bits per heavy atom. The van der Waals surface area contributed by atoms with E-state index in [1.54, 1.807) is 6.08 Å². The Labute approximate surface area is 73.9 Å². The summed E-state index contributed by atoms with van der Waals surface area (Å²) in [5.41, 5.74) is 1.05. The number of hydrogen-bond donors (Lipinski definition) is 0. The Kier molecular flexibility index (Phi) is 2.42. The van der Waals surface area contributed by atoms with Crippen molar-refractivity contribution in [1.29, 1.82) is 0 Å². The molecule has 0 fully saturated rings. The summed E-state index contributed by atoms with van der Waals surface area (Å²) in [6.45, 7) is 3.96. The van der Waals surface area contributed by atoms with Gasteiger partial charge in [0.2, 0.25) is 0 Å². The topological polar surface area (TPSA) is 34.1 Å². The highest BCUT2D eigenvalue weighted by Gasteiger charge is 2.17. The molecule has 0 aliphatic heterocycles. The van der Waals surface area contributed by atoms with Crippen LogP contribution in [-0.4, -0.2) is 14.7 Å². The zero-order valence-corrected chi connectivity index (χ0v) is 8.48. The largest absolute Gasteiger partial charge is 0.224 e. The van der Waals surface area contributed by atoms with Crippen molar-refractivity contribution in [2.45, 2.75) is 20.3 Å². The second-order valence-electron chi connectivity index (χ2n) is 3.47. The van der Waals surface area contributed by atoms with Crippen molar-refractivity contribution >= 4 is 9.84 Å². The quantitative estimate of drug-likeness (QED) is 0.626. The fraction of sp³-hybridized carbons (Fsp3) is 0.556. The van der Waals surface area contributed by atoms with Gasteiger partial charge in [-0.15, -0.1) is 0 Å². The molecule has 0 aromatic carbocycles. The van der Waals surface area contributed by atoms with Crippen LogP contribution in [0.3, 0.4) is 0 Å². The first-order valence-corrected chi connectivity index (χ1v) is 5.88. The summed E-state index contributed by atoms with van der Waals surface area (Å²) >= 11 is 0. The van der Waals surface area contributed by atoms with E-state index < -0.39 is 9.84 Å². The Morgan fingerprint density at radius 1 is 1.50 bits per heavy atom. The molecule has 0 heterocycles. The van der Waals surface area contributed by atoms with Gasteiger partial charge < -0.3 is 0 Å². The van der Waals surface area contributed by atoms with Gasteiger partial charge in [0.25, 0.3) is 0 Å².